The molecule has 0 N–H and O–H groups in total. The monoisotopic (exact) mass is 188 g/mol. The summed E-state index contributed by atoms with van der Waals surface area (Å²) in [5, 5.41) is 3.84. The zero-order chi connectivity index (χ0) is 9.19. The van der Waals surface area contributed by atoms with E-state index in [1.807, 2.05) is 0 Å². The molecule has 1 heterocycles. The van der Waals surface area contributed by atoms with Crippen molar-refractivity contribution in [2.45, 2.75) is 0 Å². The lowest BCUT2D eigenvalue weighted by Gasteiger charge is -2.19. The lowest BCUT2D eigenvalue weighted by molar-refractivity contribution is -0.730. The van der Waals surface area contributed by atoms with Gasteiger partial charge in [0.25, 0.3) is 0 Å². The van der Waals surface area contributed by atoms with Gasteiger partial charge in [-0.1, -0.05) is 4.68 Å². The van der Waals surface area contributed by atoms with E-state index in [-0.39, 0.29) is 5.30 Å². The molecule has 1 aromatic heterocycles. The molecule has 0 bridgehead atoms. The van der Waals surface area contributed by atoms with Crippen molar-refractivity contribution in [2.24, 2.45) is 7.05 Å². The van der Waals surface area contributed by atoms with E-state index < -0.39 is 7.60 Å². The molecule has 1 rings (SSSR count). The number of hydrogen-bond donors (Lipinski definition) is 0. The average Bonchev–Trinajstić information content (AvgIpc) is 2.05. The molecule has 0 fully saturated rings. The van der Waals surface area contributed by atoms with E-state index in [9.17, 15) is 9.46 Å². The lowest BCUT2D eigenvalue weighted by atomic mass is 10.6. The predicted molar refractivity (Wildman–Crippen MR) is 39.7 cm³/mol. The molecule has 0 saturated carbocycles. The van der Waals surface area contributed by atoms with Crippen LogP contribution in [0.4, 0.5) is 0 Å². The van der Waals surface area contributed by atoms with Crippen LogP contribution in [0.25, 0.3) is 0 Å². The third kappa shape index (κ3) is 1.88. The van der Waals surface area contributed by atoms with Gasteiger partial charge in [0.1, 0.15) is 6.20 Å². The normalized spacial score (nSPS) is 15.6. The average molecular weight is 188 g/mol. The van der Waals surface area contributed by atoms with E-state index in [0.29, 0.717) is 0 Å². The third-order valence-electron chi connectivity index (χ3n) is 1.39. The molecular weight excluding hydrogens is 179 g/mol. The van der Waals surface area contributed by atoms with Crippen molar-refractivity contribution in [1.82, 2.24) is 5.10 Å². The van der Waals surface area contributed by atoms with Crippen molar-refractivity contribution in [2.75, 3.05) is 7.11 Å². The Balaban J connectivity index is 3.05. The van der Waals surface area contributed by atoms with E-state index in [0.717, 1.165) is 7.11 Å². The topological polar surface area (TPSA) is 66.1 Å². The third-order valence-corrected chi connectivity index (χ3v) is 2.77. The smallest absolute Gasteiger partial charge is 0.196 e. The lowest BCUT2D eigenvalue weighted by Crippen LogP contribution is -2.34. The zero-order valence-electron chi connectivity index (χ0n) is 6.80. The minimum atomic E-state index is -3.87. The first-order chi connectivity index (χ1) is 5.56. The fourth-order valence-corrected chi connectivity index (χ4v) is 1.34. The Bertz CT molecular complexity index is 311. The molecule has 0 saturated heterocycles. The maximum Gasteiger partial charge on any atom is 0.196 e. The molecule has 5 nitrogen and oxygen atoms in total. The van der Waals surface area contributed by atoms with Crippen molar-refractivity contribution in [3.8, 4) is 0 Å². The van der Waals surface area contributed by atoms with Crippen LogP contribution in [0.1, 0.15) is 0 Å². The highest BCUT2D eigenvalue weighted by Crippen LogP contribution is 2.32. The van der Waals surface area contributed by atoms with Crippen LogP contribution in [-0.2, 0) is 16.1 Å². The van der Waals surface area contributed by atoms with Gasteiger partial charge in [0.2, 0.25) is 0 Å². The molecular formula is C6H9N2O3P. The second-order valence-corrected chi connectivity index (χ2v) is 4.12. The molecule has 6 heteroatoms. The zero-order valence-corrected chi connectivity index (χ0v) is 7.69. The van der Waals surface area contributed by atoms with E-state index in [1.54, 1.807) is 13.2 Å². The summed E-state index contributed by atoms with van der Waals surface area (Å²) in [7, 11) is -1.04. The van der Waals surface area contributed by atoms with Crippen LogP contribution in [0.15, 0.2) is 18.5 Å². The maximum atomic E-state index is 11.1. The minimum absolute atomic E-state index is 0.0862. The van der Waals surface area contributed by atoms with E-state index >= 15 is 0 Å². The van der Waals surface area contributed by atoms with Gasteiger partial charge in [0.15, 0.2) is 20.8 Å². The fourth-order valence-electron chi connectivity index (χ4n) is 0.683. The van der Waals surface area contributed by atoms with Gasteiger partial charge < -0.3 is 14.0 Å². The second-order valence-electron chi connectivity index (χ2n) is 2.24. The summed E-state index contributed by atoms with van der Waals surface area (Å²) in [4.78, 5) is 11.1. The quantitative estimate of drug-likeness (QED) is 0.428. The first kappa shape index (κ1) is 9.32. The second kappa shape index (κ2) is 3.31. The van der Waals surface area contributed by atoms with Crippen molar-refractivity contribution in [1.29, 1.82) is 0 Å². The van der Waals surface area contributed by atoms with Gasteiger partial charge in [-0.15, -0.1) is 0 Å². The van der Waals surface area contributed by atoms with Crippen LogP contribution in [-0.4, -0.2) is 12.2 Å². The van der Waals surface area contributed by atoms with Crippen LogP contribution in [0, 0.1) is 0 Å². The summed E-state index contributed by atoms with van der Waals surface area (Å²) in [6, 6.07) is 1.43. The molecule has 0 radical (unpaired) electrons. The Hall–Kier alpha value is -0.770. The summed E-state index contributed by atoms with van der Waals surface area (Å²) in [5.74, 6) is 0. The predicted octanol–water partition coefficient (Wildman–Crippen LogP) is -1.27. The summed E-state index contributed by atoms with van der Waals surface area (Å²) >= 11 is 0. The minimum Gasteiger partial charge on any atom is -0.775 e. The molecule has 1 atom stereocenters. The van der Waals surface area contributed by atoms with E-state index in [4.69, 9.17) is 0 Å². The van der Waals surface area contributed by atoms with Gasteiger partial charge in [-0.05, 0) is 5.10 Å². The molecule has 0 aromatic carbocycles. The largest absolute Gasteiger partial charge is 0.775 e. The number of nitrogens with zero attached hydrogens (tertiary/aromatic N) is 2. The summed E-state index contributed by atoms with van der Waals surface area (Å²) in [5.41, 5.74) is 0. The Morgan fingerprint density at radius 3 is 2.83 bits per heavy atom. The van der Waals surface area contributed by atoms with Gasteiger partial charge in [-0.3, -0.25) is 0 Å². The summed E-state index contributed by atoms with van der Waals surface area (Å²) < 4.78 is 16.9. The van der Waals surface area contributed by atoms with Crippen LogP contribution in [0.5, 0.6) is 0 Å². The Kier molecular flexibility index (Phi) is 2.57. The number of hydrogen-bond acceptors (Lipinski definition) is 4. The van der Waals surface area contributed by atoms with E-state index in [2.05, 4.69) is 9.62 Å². The molecule has 66 valence electrons. The molecule has 1 aromatic rings. The first-order valence-electron chi connectivity index (χ1n) is 3.25. The molecule has 0 spiro atoms. The SMILES string of the molecule is COP(=O)([O-])c1cc[n+](C)nc1. The standard InChI is InChI=1S/C6H9N2O3P/c1-8-4-3-6(5-7-8)12(9,10)11-2/h3-5H,1-2H3. The van der Waals surface area contributed by atoms with Crippen molar-refractivity contribution < 1.29 is 18.7 Å². The molecule has 0 aliphatic carbocycles. The Morgan fingerprint density at radius 2 is 2.42 bits per heavy atom. The summed E-state index contributed by atoms with van der Waals surface area (Å²) in [6.45, 7) is 0. The van der Waals surface area contributed by atoms with Crippen LogP contribution in [0.2, 0.25) is 0 Å². The van der Waals surface area contributed by atoms with Crippen molar-refractivity contribution in [3.63, 3.8) is 0 Å². The molecule has 0 amide bonds. The van der Waals surface area contributed by atoms with Crippen LogP contribution >= 0.6 is 7.60 Å². The highest BCUT2D eigenvalue weighted by Gasteiger charge is 2.11. The highest BCUT2D eigenvalue weighted by atomic mass is 31.2. The maximum absolute atomic E-state index is 11.1. The number of aryl methyl sites for hydroxylation is 1. The van der Waals surface area contributed by atoms with Crippen LogP contribution < -0.4 is 14.9 Å². The number of aromatic nitrogens is 2. The van der Waals surface area contributed by atoms with Gasteiger partial charge in [-0.25, -0.2) is 0 Å². The van der Waals surface area contributed by atoms with E-state index in [1.165, 1.54) is 16.9 Å². The summed E-state index contributed by atoms with van der Waals surface area (Å²) in [6.07, 6.45) is 2.79. The Morgan fingerprint density at radius 1 is 1.75 bits per heavy atom. The molecule has 0 aliphatic heterocycles. The molecule has 0 aliphatic rings. The van der Waals surface area contributed by atoms with Crippen molar-refractivity contribution in [3.05, 3.63) is 18.5 Å². The van der Waals surface area contributed by atoms with Gasteiger partial charge >= 0.3 is 0 Å². The van der Waals surface area contributed by atoms with Crippen LogP contribution in [0.3, 0.4) is 0 Å². The highest BCUT2D eigenvalue weighted by molar-refractivity contribution is 7.59. The van der Waals surface area contributed by atoms with Gasteiger partial charge in [0, 0.05) is 13.2 Å². The van der Waals surface area contributed by atoms with Gasteiger partial charge in [0.05, 0.1) is 5.30 Å². The first-order valence-corrected chi connectivity index (χ1v) is 4.80. The van der Waals surface area contributed by atoms with Crippen molar-refractivity contribution >= 4 is 12.9 Å². The fraction of sp³-hybridized carbons (Fsp3) is 0.333. The van der Waals surface area contributed by atoms with Gasteiger partial charge in [-0.2, -0.15) is 0 Å². The molecule has 1 unspecified atom stereocenters. The molecule has 12 heavy (non-hydrogen) atoms. The number of rotatable bonds is 2. The Labute approximate surface area is 70.1 Å².